The summed E-state index contributed by atoms with van der Waals surface area (Å²) in [6.07, 6.45) is 0. The number of anilines is 2. The molecule has 0 aliphatic rings. The molecule has 0 spiro atoms. The summed E-state index contributed by atoms with van der Waals surface area (Å²) in [6.45, 7) is 0. The third kappa shape index (κ3) is 6.08. The van der Waals surface area contributed by atoms with Crippen molar-refractivity contribution in [2.24, 2.45) is 0 Å². The van der Waals surface area contributed by atoms with Gasteiger partial charge in [-0.15, -0.1) is 11.8 Å². The highest BCUT2D eigenvalue weighted by molar-refractivity contribution is 9.10. The fourth-order valence-corrected chi connectivity index (χ4v) is 3.65. The van der Waals surface area contributed by atoms with Gasteiger partial charge in [-0.25, -0.2) is 4.39 Å². The van der Waals surface area contributed by atoms with Crippen LogP contribution in [0.3, 0.4) is 0 Å². The number of hydrogen-bond donors (Lipinski definition) is 2. The van der Waals surface area contributed by atoms with E-state index in [0.717, 1.165) is 4.90 Å². The molecule has 0 fully saturated rings. The van der Waals surface area contributed by atoms with Gasteiger partial charge in [0.2, 0.25) is 5.91 Å². The van der Waals surface area contributed by atoms with E-state index in [0.29, 0.717) is 21.5 Å². The first-order valence-corrected chi connectivity index (χ1v) is 10.7. The van der Waals surface area contributed by atoms with E-state index in [-0.39, 0.29) is 23.3 Å². The van der Waals surface area contributed by atoms with Crippen molar-refractivity contribution < 1.29 is 18.7 Å². The molecule has 2 N–H and O–H groups in total. The fraction of sp³-hybridized carbons (Fsp3) is 0.0909. The van der Waals surface area contributed by atoms with Crippen LogP contribution < -0.4 is 15.4 Å². The maximum absolute atomic E-state index is 13.8. The number of nitrogens with one attached hydrogen (secondary N) is 2. The highest BCUT2D eigenvalue weighted by atomic mass is 79.9. The van der Waals surface area contributed by atoms with E-state index in [2.05, 4.69) is 26.6 Å². The van der Waals surface area contributed by atoms with Crippen LogP contribution >= 0.6 is 27.7 Å². The minimum absolute atomic E-state index is 0.1000. The van der Waals surface area contributed by atoms with Gasteiger partial charge in [0.05, 0.1) is 18.6 Å². The van der Waals surface area contributed by atoms with Gasteiger partial charge in [-0.1, -0.05) is 28.1 Å². The van der Waals surface area contributed by atoms with Crippen molar-refractivity contribution in [1.82, 2.24) is 0 Å². The van der Waals surface area contributed by atoms with Crippen LogP contribution in [-0.2, 0) is 4.79 Å². The van der Waals surface area contributed by atoms with Gasteiger partial charge in [0.25, 0.3) is 5.91 Å². The molecule has 0 aliphatic heterocycles. The minimum Gasteiger partial charge on any atom is -0.497 e. The number of hydrogen-bond acceptors (Lipinski definition) is 4. The zero-order valence-corrected chi connectivity index (χ0v) is 18.3. The molecule has 0 atom stereocenters. The molecule has 3 aromatic rings. The smallest absolute Gasteiger partial charge is 0.255 e. The SMILES string of the molecule is COc1cccc(C(=O)Nc2cccc(SCC(=O)Nc3ccc(Br)cc3F)c2)c1. The Morgan fingerprint density at radius 2 is 1.83 bits per heavy atom. The number of carbonyl (C=O) groups excluding carboxylic acids is 2. The van der Waals surface area contributed by atoms with Crippen LogP contribution in [0, 0.1) is 5.82 Å². The highest BCUT2D eigenvalue weighted by Crippen LogP contribution is 2.24. The molecule has 0 bridgehead atoms. The van der Waals surface area contributed by atoms with E-state index in [1.165, 1.54) is 23.9 Å². The van der Waals surface area contributed by atoms with Crippen molar-refractivity contribution in [3.8, 4) is 5.75 Å². The number of ether oxygens (including phenoxy) is 1. The van der Waals surface area contributed by atoms with Crippen molar-refractivity contribution in [1.29, 1.82) is 0 Å². The van der Waals surface area contributed by atoms with Crippen LogP contribution in [0.5, 0.6) is 5.75 Å². The zero-order valence-electron chi connectivity index (χ0n) is 15.9. The van der Waals surface area contributed by atoms with E-state index in [4.69, 9.17) is 4.74 Å². The number of halogens is 2. The molecule has 0 saturated carbocycles. The molecule has 30 heavy (non-hydrogen) atoms. The zero-order chi connectivity index (χ0) is 21.5. The molecule has 0 radical (unpaired) electrons. The van der Waals surface area contributed by atoms with Gasteiger partial charge in [-0.3, -0.25) is 9.59 Å². The van der Waals surface area contributed by atoms with E-state index >= 15 is 0 Å². The van der Waals surface area contributed by atoms with Gasteiger partial charge in [-0.05, 0) is 54.6 Å². The van der Waals surface area contributed by atoms with Gasteiger partial charge in [-0.2, -0.15) is 0 Å². The second-order valence-corrected chi connectivity index (χ2v) is 8.14. The Bertz CT molecular complexity index is 1080. The summed E-state index contributed by atoms with van der Waals surface area (Å²) in [5.74, 6) is -0.403. The number of thioether (sulfide) groups is 1. The van der Waals surface area contributed by atoms with Crippen molar-refractivity contribution in [2.45, 2.75) is 4.90 Å². The van der Waals surface area contributed by atoms with Crippen molar-refractivity contribution in [2.75, 3.05) is 23.5 Å². The summed E-state index contributed by atoms with van der Waals surface area (Å²) < 4.78 is 19.6. The number of carbonyl (C=O) groups is 2. The third-order valence-corrected chi connectivity index (χ3v) is 5.49. The van der Waals surface area contributed by atoms with Crippen LogP contribution in [0.1, 0.15) is 10.4 Å². The predicted octanol–water partition coefficient (Wildman–Crippen LogP) is 5.58. The lowest BCUT2D eigenvalue weighted by molar-refractivity contribution is -0.113. The molecular formula is C22H18BrFN2O3S. The maximum Gasteiger partial charge on any atom is 0.255 e. The van der Waals surface area contributed by atoms with Crippen LogP contribution in [0.25, 0.3) is 0 Å². The van der Waals surface area contributed by atoms with E-state index in [1.807, 2.05) is 6.07 Å². The summed E-state index contributed by atoms with van der Waals surface area (Å²) >= 11 is 4.46. The first-order valence-electron chi connectivity index (χ1n) is 8.88. The number of benzene rings is 3. The Hall–Kier alpha value is -2.84. The Balaban J connectivity index is 1.58. The van der Waals surface area contributed by atoms with Gasteiger partial charge in [0, 0.05) is 20.6 Å². The Morgan fingerprint density at radius 3 is 2.60 bits per heavy atom. The third-order valence-electron chi connectivity index (χ3n) is 4.00. The molecule has 5 nitrogen and oxygen atoms in total. The summed E-state index contributed by atoms with van der Waals surface area (Å²) in [4.78, 5) is 25.4. The van der Waals surface area contributed by atoms with Gasteiger partial charge in [0.15, 0.2) is 0 Å². The second-order valence-electron chi connectivity index (χ2n) is 6.17. The van der Waals surface area contributed by atoms with Crippen LogP contribution in [0.2, 0.25) is 0 Å². The predicted molar refractivity (Wildman–Crippen MR) is 121 cm³/mol. The fourth-order valence-electron chi connectivity index (χ4n) is 2.56. The topological polar surface area (TPSA) is 67.4 Å². The number of amides is 2. The van der Waals surface area contributed by atoms with Crippen LogP contribution in [0.15, 0.2) is 76.1 Å². The lowest BCUT2D eigenvalue weighted by atomic mass is 10.2. The van der Waals surface area contributed by atoms with E-state index in [1.54, 1.807) is 55.6 Å². The monoisotopic (exact) mass is 488 g/mol. The average Bonchev–Trinajstić information content (AvgIpc) is 2.74. The summed E-state index contributed by atoms with van der Waals surface area (Å²) in [5, 5.41) is 5.38. The molecule has 3 aromatic carbocycles. The second kappa shape index (κ2) is 10.3. The minimum atomic E-state index is -0.509. The van der Waals surface area contributed by atoms with Gasteiger partial charge in [0.1, 0.15) is 11.6 Å². The molecule has 0 aromatic heterocycles. The average molecular weight is 489 g/mol. The molecule has 0 aliphatic carbocycles. The standard InChI is InChI=1S/C22H18BrFN2O3S/c1-29-17-6-2-4-14(10-17)22(28)25-16-5-3-7-18(12-16)30-13-21(27)26-20-9-8-15(23)11-19(20)24/h2-12H,13H2,1H3,(H,25,28)(H,26,27). The van der Waals surface area contributed by atoms with Crippen molar-refractivity contribution >= 4 is 50.9 Å². The largest absolute Gasteiger partial charge is 0.497 e. The molecule has 2 amide bonds. The Kier molecular flexibility index (Phi) is 7.48. The number of rotatable bonds is 7. The van der Waals surface area contributed by atoms with Crippen molar-refractivity contribution in [3.63, 3.8) is 0 Å². The Morgan fingerprint density at radius 1 is 1.03 bits per heavy atom. The van der Waals surface area contributed by atoms with Crippen LogP contribution in [-0.4, -0.2) is 24.7 Å². The molecule has 154 valence electrons. The summed E-state index contributed by atoms with van der Waals surface area (Å²) in [5.41, 5.74) is 1.21. The Labute approximate surface area is 186 Å². The van der Waals surface area contributed by atoms with Gasteiger partial charge >= 0.3 is 0 Å². The molecule has 3 rings (SSSR count). The van der Waals surface area contributed by atoms with Crippen molar-refractivity contribution in [3.05, 3.63) is 82.6 Å². The van der Waals surface area contributed by atoms with E-state index < -0.39 is 5.82 Å². The quantitative estimate of drug-likeness (QED) is 0.426. The van der Waals surface area contributed by atoms with E-state index in [9.17, 15) is 14.0 Å². The molecule has 0 unspecified atom stereocenters. The normalized spacial score (nSPS) is 10.4. The first-order chi connectivity index (χ1) is 14.4. The summed E-state index contributed by atoms with van der Waals surface area (Å²) in [6, 6.07) is 18.5. The number of methoxy groups -OCH3 is 1. The lowest BCUT2D eigenvalue weighted by Gasteiger charge is -2.09. The van der Waals surface area contributed by atoms with Gasteiger partial charge < -0.3 is 15.4 Å². The molecule has 0 heterocycles. The maximum atomic E-state index is 13.8. The molecule has 0 saturated heterocycles. The van der Waals surface area contributed by atoms with Crippen LogP contribution in [0.4, 0.5) is 15.8 Å². The molecular weight excluding hydrogens is 471 g/mol. The molecule has 8 heteroatoms. The summed E-state index contributed by atoms with van der Waals surface area (Å²) in [7, 11) is 1.54. The lowest BCUT2D eigenvalue weighted by Crippen LogP contribution is -2.15. The first kappa shape index (κ1) is 21.9. The highest BCUT2D eigenvalue weighted by Gasteiger charge is 2.10.